The van der Waals surface area contributed by atoms with E-state index in [2.05, 4.69) is 28.1 Å². The Kier molecular flexibility index (Phi) is 2.30. The predicted molar refractivity (Wildman–Crippen MR) is 49.9 cm³/mol. The fraction of sp³-hybridized carbons (Fsp3) is 0.500. The van der Waals surface area contributed by atoms with Crippen molar-refractivity contribution in [2.45, 2.75) is 18.9 Å². The first-order valence-electron chi connectivity index (χ1n) is 3.73. The van der Waals surface area contributed by atoms with Crippen molar-refractivity contribution < 1.29 is 4.74 Å². The monoisotopic (exact) mass is 232 g/mol. The third-order valence-electron chi connectivity index (χ3n) is 1.84. The van der Waals surface area contributed by atoms with E-state index in [0.717, 1.165) is 6.61 Å². The van der Waals surface area contributed by atoms with E-state index < -0.39 is 0 Å². The van der Waals surface area contributed by atoms with E-state index in [1.807, 2.05) is 0 Å². The number of ether oxygens (including phenoxy) is 1. The molecule has 60 valence electrons. The van der Waals surface area contributed by atoms with Crippen LogP contribution in [0.1, 0.15) is 23.8 Å². The van der Waals surface area contributed by atoms with Crippen LogP contribution in [0.3, 0.4) is 0 Å². The molecule has 1 aromatic heterocycles. The third-order valence-corrected chi connectivity index (χ3v) is 3.56. The van der Waals surface area contributed by atoms with Gasteiger partial charge in [0.25, 0.3) is 0 Å². The van der Waals surface area contributed by atoms with Crippen molar-refractivity contribution in [2.75, 3.05) is 6.61 Å². The van der Waals surface area contributed by atoms with E-state index in [1.165, 1.54) is 21.5 Å². The van der Waals surface area contributed by atoms with E-state index in [-0.39, 0.29) is 0 Å². The second-order valence-electron chi connectivity index (χ2n) is 2.64. The second kappa shape index (κ2) is 3.25. The fourth-order valence-electron chi connectivity index (χ4n) is 1.30. The molecule has 11 heavy (non-hydrogen) atoms. The molecule has 1 aromatic rings. The van der Waals surface area contributed by atoms with Gasteiger partial charge in [-0.15, -0.1) is 11.3 Å². The zero-order valence-corrected chi connectivity index (χ0v) is 8.45. The molecule has 3 heteroatoms. The minimum absolute atomic E-state index is 0.381. The molecule has 0 saturated carbocycles. The Balaban J connectivity index is 2.15. The average Bonchev–Trinajstić information content (AvgIpc) is 2.55. The molecule has 1 fully saturated rings. The summed E-state index contributed by atoms with van der Waals surface area (Å²) in [6.45, 7) is 0.931. The maximum absolute atomic E-state index is 5.54. The minimum atomic E-state index is 0.381. The SMILES string of the molecule is Brc1ccc(C2CCCO2)s1. The molecule has 0 amide bonds. The molecular formula is C8H9BrOS. The van der Waals surface area contributed by atoms with Gasteiger partial charge in [0.1, 0.15) is 0 Å². The summed E-state index contributed by atoms with van der Waals surface area (Å²) in [5, 5.41) is 0. The number of thiophene rings is 1. The summed E-state index contributed by atoms with van der Waals surface area (Å²) in [4.78, 5) is 1.36. The van der Waals surface area contributed by atoms with Gasteiger partial charge in [0.05, 0.1) is 9.89 Å². The lowest BCUT2D eigenvalue weighted by Crippen LogP contribution is -1.90. The second-order valence-corrected chi connectivity index (χ2v) is 5.14. The number of halogens is 1. The van der Waals surface area contributed by atoms with Crippen molar-refractivity contribution in [3.8, 4) is 0 Å². The molecule has 0 aromatic carbocycles. The molecule has 1 aliphatic rings. The quantitative estimate of drug-likeness (QED) is 0.722. The van der Waals surface area contributed by atoms with Crippen LogP contribution in [0.5, 0.6) is 0 Å². The molecule has 1 unspecified atom stereocenters. The number of hydrogen-bond donors (Lipinski definition) is 0. The van der Waals surface area contributed by atoms with Gasteiger partial charge < -0.3 is 4.74 Å². The highest BCUT2D eigenvalue weighted by Crippen LogP contribution is 2.34. The first kappa shape index (κ1) is 7.77. The molecule has 0 spiro atoms. The molecule has 2 heterocycles. The lowest BCUT2D eigenvalue weighted by atomic mass is 10.2. The number of rotatable bonds is 1. The highest BCUT2D eigenvalue weighted by molar-refractivity contribution is 9.11. The van der Waals surface area contributed by atoms with Gasteiger partial charge in [-0.2, -0.15) is 0 Å². The van der Waals surface area contributed by atoms with E-state index in [1.54, 1.807) is 11.3 Å². The van der Waals surface area contributed by atoms with Crippen molar-refractivity contribution in [3.05, 3.63) is 20.8 Å². The van der Waals surface area contributed by atoms with Crippen molar-refractivity contribution in [3.63, 3.8) is 0 Å². The van der Waals surface area contributed by atoms with Gasteiger partial charge in [-0.05, 0) is 40.9 Å². The van der Waals surface area contributed by atoms with Crippen LogP contribution < -0.4 is 0 Å². The van der Waals surface area contributed by atoms with Crippen LogP contribution >= 0.6 is 27.3 Å². The third kappa shape index (κ3) is 1.66. The van der Waals surface area contributed by atoms with Crippen molar-refractivity contribution >= 4 is 27.3 Å². The molecule has 0 aliphatic carbocycles. The Morgan fingerprint density at radius 3 is 3.00 bits per heavy atom. The van der Waals surface area contributed by atoms with Crippen LogP contribution in [-0.4, -0.2) is 6.61 Å². The molecular weight excluding hydrogens is 224 g/mol. The predicted octanol–water partition coefficient (Wildman–Crippen LogP) is 3.36. The largest absolute Gasteiger partial charge is 0.373 e. The molecule has 0 bridgehead atoms. The molecule has 1 nitrogen and oxygen atoms in total. The lowest BCUT2D eigenvalue weighted by molar-refractivity contribution is 0.114. The van der Waals surface area contributed by atoms with Crippen LogP contribution in [-0.2, 0) is 4.74 Å². The standard InChI is InChI=1S/C8H9BrOS/c9-8-4-3-7(11-8)6-2-1-5-10-6/h3-4,6H,1-2,5H2. The first-order valence-corrected chi connectivity index (χ1v) is 5.34. The number of hydrogen-bond acceptors (Lipinski definition) is 2. The van der Waals surface area contributed by atoms with Gasteiger partial charge in [-0.1, -0.05) is 0 Å². The van der Waals surface area contributed by atoms with E-state index in [9.17, 15) is 0 Å². The Labute approximate surface area is 78.5 Å². The molecule has 0 N–H and O–H groups in total. The van der Waals surface area contributed by atoms with Crippen molar-refractivity contribution in [1.82, 2.24) is 0 Å². The highest BCUT2D eigenvalue weighted by atomic mass is 79.9. The summed E-state index contributed by atoms with van der Waals surface area (Å²) in [5.74, 6) is 0. The summed E-state index contributed by atoms with van der Waals surface area (Å²) >= 11 is 5.22. The summed E-state index contributed by atoms with van der Waals surface area (Å²) in [6.07, 6.45) is 2.78. The molecule has 1 aliphatic heterocycles. The Bertz CT molecular complexity index is 240. The van der Waals surface area contributed by atoms with E-state index in [4.69, 9.17) is 4.74 Å². The van der Waals surface area contributed by atoms with E-state index in [0.29, 0.717) is 6.10 Å². The molecule has 0 radical (unpaired) electrons. The highest BCUT2D eigenvalue weighted by Gasteiger charge is 2.18. The molecule has 1 saturated heterocycles. The first-order chi connectivity index (χ1) is 5.36. The van der Waals surface area contributed by atoms with Gasteiger partial charge in [-0.25, -0.2) is 0 Å². The topological polar surface area (TPSA) is 9.23 Å². The fourth-order valence-corrected chi connectivity index (χ4v) is 2.81. The minimum Gasteiger partial charge on any atom is -0.373 e. The van der Waals surface area contributed by atoms with Crippen LogP contribution in [0, 0.1) is 0 Å². The lowest BCUT2D eigenvalue weighted by Gasteiger charge is -2.04. The van der Waals surface area contributed by atoms with Crippen molar-refractivity contribution in [1.29, 1.82) is 0 Å². The zero-order chi connectivity index (χ0) is 7.68. The van der Waals surface area contributed by atoms with E-state index >= 15 is 0 Å². The van der Waals surface area contributed by atoms with Crippen molar-refractivity contribution in [2.24, 2.45) is 0 Å². The van der Waals surface area contributed by atoms with Gasteiger partial charge in [0.2, 0.25) is 0 Å². The molecule has 2 rings (SSSR count). The Morgan fingerprint density at radius 2 is 2.45 bits per heavy atom. The van der Waals surface area contributed by atoms with Crippen LogP contribution in [0.25, 0.3) is 0 Å². The maximum Gasteiger partial charge on any atom is 0.0918 e. The van der Waals surface area contributed by atoms with Crippen LogP contribution in [0.2, 0.25) is 0 Å². The summed E-state index contributed by atoms with van der Waals surface area (Å²) < 4.78 is 6.74. The normalized spacial score (nSPS) is 24.3. The summed E-state index contributed by atoms with van der Waals surface area (Å²) in [5.41, 5.74) is 0. The van der Waals surface area contributed by atoms with Gasteiger partial charge in [0.15, 0.2) is 0 Å². The Hall–Kier alpha value is 0.140. The average molecular weight is 233 g/mol. The zero-order valence-electron chi connectivity index (χ0n) is 6.05. The maximum atomic E-state index is 5.54. The smallest absolute Gasteiger partial charge is 0.0918 e. The molecule has 1 atom stereocenters. The van der Waals surface area contributed by atoms with Gasteiger partial charge in [0, 0.05) is 11.5 Å². The van der Waals surface area contributed by atoms with Gasteiger partial charge >= 0.3 is 0 Å². The Morgan fingerprint density at radius 1 is 1.55 bits per heavy atom. The van der Waals surface area contributed by atoms with Crippen LogP contribution in [0.4, 0.5) is 0 Å². The summed E-state index contributed by atoms with van der Waals surface area (Å²) in [6, 6.07) is 4.23. The van der Waals surface area contributed by atoms with Gasteiger partial charge in [-0.3, -0.25) is 0 Å². The summed E-state index contributed by atoms with van der Waals surface area (Å²) in [7, 11) is 0. The van der Waals surface area contributed by atoms with Crippen LogP contribution in [0.15, 0.2) is 15.9 Å².